The molecule has 0 radical (unpaired) electrons. The van der Waals surface area contributed by atoms with Gasteiger partial charge in [0, 0.05) is 18.0 Å². The van der Waals surface area contributed by atoms with Crippen molar-refractivity contribution in [1.82, 2.24) is 0 Å². The fourth-order valence-electron chi connectivity index (χ4n) is 3.51. The maximum absolute atomic E-state index is 9.53. The third-order valence-electron chi connectivity index (χ3n) is 4.70. The van der Waals surface area contributed by atoms with E-state index in [0.29, 0.717) is 17.7 Å². The van der Waals surface area contributed by atoms with Crippen molar-refractivity contribution in [3.63, 3.8) is 0 Å². The molecule has 1 heterocycles. The Morgan fingerprint density at radius 2 is 1.21 bits per heavy atom. The van der Waals surface area contributed by atoms with Crippen LogP contribution in [0.15, 0.2) is 72.8 Å². The predicted molar refractivity (Wildman–Crippen MR) is 108 cm³/mol. The normalized spacial score (nSPS) is 13.1. The first kappa shape index (κ1) is 17.6. The van der Waals surface area contributed by atoms with Crippen LogP contribution in [-0.4, -0.2) is 13.0 Å². The maximum atomic E-state index is 9.53. The van der Waals surface area contributed by atoms with Gasteiger partial charge in [-0.2, -0.15) is 10.5 Å². The van der Waals surface area contributed by atoms with E-state index in [1.54, 1.807) is 12.1 Å². The summed E-state index contributed by atoms with van der Waals surface area (Å²) < 4.78 is 6.15. The van der Waals surface area contributed by atoms with E-state index in [1.165, 1.54) is 0 Å². The first-order valence-electron chi connectivity index (χ1n) is 9.07. The molecule has 28 heavy (non-hydrogen) atoms. The van der Waals surface area contributed by atoms with Crippen LogP contribution in [0.3, 0.4) is 0 Å². The van der Waals surface area contributed by atoms with Crippen molar-refractivity contribution >= 4 is 22.7 Å². The third kappa shape index (κ3) is 2.85. The second kappa shape index (κ2) is 7.44. The first-order chi connectivity index (χ1) is 13.8. The molecule has 0 fully saturated rings. The number of nitriles is 2. The van der Waals surface area contributed by atoms with E-state index in [1.807, 2.05) is 67.6 Å². The van der Waals surface area contributed by atoms with Gasteiger partial charge in [0.15, 0.2) is 0 Å². The molecule has 0 bridgehead atoms. The SMILES string of the molecule is CCOC1N(c2ccccc2)c2cc(C#N)c(C#N)cc2N1c1ccccc1. The Morgan fingerprint density at radius 3 is 1.57 bits per heavy atom. The van der Waals surface area contributed by atoms with Gasteiger partial charge in [0.2, 0.25) is 6.35 Å². The van der Waals surface area contributed by atoms with E-state index in [4.69, 9.17) is 4.74 Å². The number of benzene rings is 3. The highest BCUT2D eigenvalue weighted by molar-refractivity contribution is 5.89. The molecule has 0 unspecified atom stereocenters. The van der Waals surface area contributed by atoms with Crippen molar-refractivity contribution in [1.29, 1.82) is 10.5 Å². The van der Waals surface area contributed by atoms with Gasteiger partial charge in [0.25, 0.3) is 0 Å². The molecule has 5 nitrogen and oxygen atoms in total. The van der Waals surface area contributed by atoms with Gasteiger partial charge in [-0.05, 0) is 43.3 Å². The zero-order chi connectivity index (χ0) is 19.5. The fraction of sp³-hybridized carbons (Fsp3) is 0.130. The lowest BCUT2D eigenvalue weighted by Gasteiger charge is -2.32. The molecule has 0 aromatic heterocycles. The lowest BCUT2D eigenvalue weighted by atomic mass is 10.1. The van der Waals surface area contributed by atoms with Crippen molar-refractivity contribution in [2.75, 3.05) is 16.4 Å². The van der Waals surface area contributed by atoms with E-state index in [-0.39, 0.29) is 0 Å². The monoisotopic (exact) mass is 366 g/mol. The molecule has 1 aliphatic heterocycles. The average Bonchev–Trinajstić information content (AvgIpc) is 3.06. The number of fused-ring (bicyclic) bond motifs is 1. The van der Waals surface area contributed by atoms with Crippen LogP contribution in [0.1, 0.15) is 18.1 Å². The molecular formula is C23H18N4O. The molecule has 0 N–H and O–H groups in total. The van der Waals surface area contributed by atoms with Gasteiger partial charge >= 0.3 is 0 Å². The number of ether oxygens (including phenoxy) is 1. The van der Waals surface area contributed by atoms with Crippen LogP contribution in [0, 0.1) is 22.7 Å². The van der Waals surface area contributed by atoms with Crippen LogP contribution >= 0.6 is 0 Å². The summed E-state index contributed by atoms with van der Waals surface area (Å²) in [7, 11) is 0. The van der Waals surface area contributed by atoms with Gasteiger partial charge in [-0.25, -0.2) is 0 Å². The molecule has 136 valence electrons. The summed E-state index contributed by atoms with van der Waals surface area (Å²) in [6, 6.07) is 27.7. The number of hydrogen-bond acceptors (Lipinski definition) is 5. The lowest BCUT2D eigenvalue weighted by molar-refractivity contribution is 0.0771. The van der Waals surface area contributed by atoms with Crippen LogP contribution in [-0.2, 0) is 4.74 Å². The van der Waals surface area contributed by atoms with E-state index >= 15 is 0 Å². The van der Waals surface area contributed by atoms with Crippen LogP contribution in [0.4, 0.5) is 22.7 Å². The summed E-state index contributed by atoms with van der Waals surface area (Å²) in [6.45, 7) is 2.47. The Bertz CT molecular complexity index is 983. The smallest absolute Gasteiger partial charge is 0.219 e. The Kier molecular flexibility index (Phi) is 4.68. The van der Waals surface area contributed by atoms with Crippen molar-refractivity contribution < 1.29 is 4.74 Å². The highest BCUT2D eigenvalue weighted by atomic mass is 16.5. The molecule has 5 heteroatoms. The molecule has 3 aromatic rings. The third-order valence-corrected chi connectivity index (χ3v) is 4.70. The van der Waals surface area contributed by atoms with Gasteiger partial charge in [0.1, 0.15) is 12.1 Å². The highest BCUT2D eigenvalue weighted by Gasteiger charge is 2.39. The first-order valence-corrected chi connectivity index (χ1v) is 9.07. The largest absolute Gasteiger partial charge is 0.340 e. The van der Waals surface area contributed by atoms with Crippen LogP contribution in [0.5, 0.6) is 0 Å². The van der Waals surface area contributed by atoms with E-state index in [9.17, 15) is 10.5 Å². The van der Waals surface area contributed by atoms with E-state index in [0.717, 1.165) is 22.7 Å². The minimum Gasteiger partial charge on any atom is -0.340 e. The van der Waals surface area contributed by atoms with Gasteiger partial charge < -0.3 is 4.74 Å². The topological polar surface area (TPSA) is 63.3 Å². The predicted octanol–water partition coefficient (Wildman–Crippen LogP) is 5.04. The van der Waals surface area contributed by atoms with Gasteiger partial charge in [-0.3, -0.25) is 9.80 Å². The molecule has 0 saturated heterocycles. The van der Waals surface area contributed by atoms with Crippen LogP contribution in [0.2, 0.25) is 0 Å². The maximum Gasteiger partial charge on any atom is 0.219 e. The Balaban J connectivity index is 1.99. The van der Waals surface area contributed by atoms with E-state index in [2.05, 4.69) is 21.9 Å². The van der Waals surface area contributed by atoms with Crippen LogP contribution < -0.4 is 9.80 Å². The number of para-hydroxylation sites is 2. The fourth-order valence-corrected chi connectivity index (χ4v) is 3.51. The summed E-state index contributed by atoms with van der Waals surface area (Å²) in [4.78, 5) is 4.13. The number of nitrogens with zero attached hydrogens (tertiary/aromatic N) is 4. The quantitative estimate of drug-likeness (QED) is 0.647. The molecule has 0 atom stereocenters. The highest BCUT2D eigenvalue weighted by Crippen LogP contribution is 2.48. The van der Waals surface area contributed by atoms with Gasteiger partial charge in [-0.1, -0.05) is 36.4 Å². The lowest BCUT2D eigenvalue weighted by Crippen LogP contribution is -2.40. The summed E-state index contributed by atoms with van der Waals surface area (Å²) in [6.07, 6.45) is -0.426. The van der Waals surface area contributed by atoms with Gasteiger partial charge in [-0.15, -0.1) is 0 Å². The molecule has 3 aromatic carbocycles. The van der Waals surface area contributed by atoms with Crippen molar-refractivity contribution in [2.45, 2.75) is 13.3 Å². The zero-order valence-corrected chi connectivity index (χ0v) is 15.4. The summed E-state index contributed by atoms with van der Waals surface area (Å²) >= 11 is 0. The summed E-state index contributed by atoms with van der Waals surface area (Å²) in [5.74, 6) is 0. The Labute approximate surface area is 164 Å². The number of rotatable bonds is 4. The molecule has 1 aliphatic rings. The summed E-state index contributed by atoms with van der Waals surface area (Å²) in [5, 5.41) is 19.1. The molecule has 4 rings (SSSR count). The number of anilines is 4. The Morgan fingerprint density at radius 1 is 0.786 bits per heavy atom. The van der Waals surface area contributed by atoms with Crippen molar-refractivity contribution in [3.05, 3.63) is 83.9 Å². The van der Waals surface area contributed by atoms with Crippen molar-refractivity contribution in [3.8, 4) is 12.1 Å². The minimum atomic E-state index is -0.426. The molecule has 0 spiro atoms. The van der Waals surface area contributed by atoms with Crippen LogP contribution in [0.25, 0.3) is 0 Å². The second-order valence-corrected chi connectivity index (χ2v) is 6.30. The molecule has 0 aliphatic carbocycles. The number of hydrogen-bond donors (Lipinski definition) is 0. The summed E-state index contributed by atoms with van der Waals surface area (Å²) in [5.41, 5.74) is 4.29. The van der Waals surface area contributed by atoms with Crippen molar-refractivity contribution in [2.24, 2.45) is 0 Å². The average molecular weight is 366 g/mol. The standard InChI is InChI=1S/C23H18N4O/c1-2-28-23-26(19-9-5-3-6-10-19)21-13-17(15-24)18(16-25)14-22(21)27(23)20-11-7-4-8-12-20/h3-14,23H,2H2,1H3. The molecule has 0 amide bonds. The van der Waals surface area contributed by atoms with Gasteiger partial charge in [0.05, 0.1) is 22.5 Å². The van der Waals surface area contributed by atoms with E-state index < -0.39 is 6.35 Å². The second-order valence-electron chi connectivity index (χ2n) is 6.30. The Hall–Kier alpha value is -3.80. The zero-order valence-electron chi connectivity index (χ0n) is 15.4. The molecule has 0 saturated carbocycles. The molecular weight excluding hydrogens is 348 g/mol. The minimum absolute atomic E-state index is 0.354.